The fourth-order valence-corrected chi connectivity index (χ4v) is 2.03. The van der Waals surface area contributed by atoms with Crippen LogP contribution in [0.1, 0.15) is 23.1 Å². The molecule has 0 aliphatic heterocycles. The van der Waals surface area contributed by atoms with E-state index in [1.54, 1.807) is 13.1 Å². The number of carbonyl (C=O) groups is 1. The molecular weight excluding hydrogens is 308 g/mol. The van der Waals surface area contributed by atoms with Gasteiger partial charge in [-0.25, -0.2) is 8.78 Å². The first-order valence-corrected chi connectivity index (χ1v) is 6.78. The van der Waals surface area contributed by atoms with Crippen molar-refractivity contribution in [2.24, 2.45) is 7.05 Å². The number of nitrogens with zero attached hydrogens (tertiary/aromatic N) is 3. The SMILES string of the molecule is CCc1cc(C(=O)N(CCBr)CC(F)F)n(C)n1. The normalized spacial score (nSPS) is 11.0. The maximum atomic E-state index is 12.4. The van der Waals surface area contributed by atoms with Gasteiger partial charge in [0.05, 0.1) is 12.2 Å². The summed E-state index contributed by atoms with van der Waals surface area (Å²) < 4.78 is 26.3. The van der Waals surface area contributed by atoms with Crippen LogP contribution in [0.3, 0.4) is 0 Å². The Morgan fingerprint density at radius 3 is 2.72 bits per heavy atom. The summed E-state index contributed by atoms with van der Waals surface area (Å²) >= 11 is 3.16. The third kappa shape index (κ3) is 3.76. The van der Waals surface area contributed by atoms with Crippen molar-refractivity contribution < 1.29 is 13.6 Å². The van der Waals surface area contributed by atoms with E-state index in [4.69, 9.17) is 0 Å². The number of aromatic nitrogens is 2. The molecule has 1 aromatic heterocycles. The molecule has 4 nitrogen and oxygen atoms in total. The van der Waals surface area contributed by atoms with E-state index in [0.29, 0.717) is 17.4 Å². The second-order valence-electron chi connectivity index (χ2n) is 3.83. The van der Waals surface area contributed by atoms with Crippen molar-refractivity contribution in [1.29, 1.82) is 0 Å². The lowest BCUT2D eigenvalue weighted by Gasteiger charge is -2.21. The fourth-order valence-electron chi connectivity index (χ4n) is 1.61. The van der Waals surface area contributed by atoms with Crippen molar-refractivity contribution in [3.63, 3.8) is 0 Å². The predicted octanol–water partition coefficient (Wildman–Crippen LogP) is 2.08. The van der Waals surface area contributed by atoms with Gasteiger partial charge in [-0.05, 0) is 12.5 Å². The molecule has 1 aromatic rings. The van der Waals surface area contributed by atoms with Crippen LogP contribution in [0, 0.1) is 0 Å². The molecule has 0 aromatic carbocycles. The molecule has 102 valence electrons. The molecule has 0 bridgehead atoms. The quantitative estimate of drug-likeness (QED) is 0.752. The van der Waals surface area contributed by atoms with Crippen LogP contribution in [0.2, 0.25) is 0 Å². The molecule has 0 aliphatic rings. The van der Waals surface area contributed by atoms with Crippen molar-refractivity contribution in [3.05, 3.63) is 17.5 Å². The Balaban J connectivity index is 2.90. The Morgan fingerprint density at radius 2 is 2.28 bits per heavy atom. The second kappa shape index (κ2) is 6.82. The first-order valence-electron chi connectivity index (χ1n) is 5.65. The molecule has 1 heterocycles. The molecule has 18 heavy (non-hydrogen) atoms. The number of rotatable bonds is 6. The maximum Gasteiger partial charge on any atom is 0.272 e. The summed E-state index contributed by atoms with van der Waals surface area (Å²) in [6.07, 6.45) is -1.83. The van der Waals surface area contributed by atoms with Crippen LogP contribution in [0.4, 0.5) is 8.78 Å². The van der Waals surface area contributed by atoms with Gasteiger partial charge in [-0.1, -0.05) is 22.9 Å². The van der Waals surface area contributed by atoms with E-state index in [0.717, 1.165) is 10.6 Å². The van der Waals surface area contributed by atoms with Crippen LogP contribution in [-0.4, -0.2) is 45.4 Å². The van der Waals surface area contributed by atoms with Crippen LogP contribution >= 0.6 is 15.9 Å². The van der Waals surface area contributed by atoms with Crippen LogP contribution < -0.4 is 0 Å². The van der Waals surface area contributed by atoms with E-state index in [9.17, 15) is 13.6 Å². The standard InChI is InChI=1S/C11H16BrF2N3O/c1-3-8-6-9(16(2)15-8)11(18)17(5-4-12)7-10(13)14/h6,10H,3-5,7H2,1-2H3. The fraction of sp³-hybridized carbons (Fsp3) is 0.636. The predicted molar refractivity (Wildman–Crippen MR) is 68.3 cm³/mol. The Morgan fingerprint density at radius 1 is 1.61 bits per heavy atom. The first kappa shape index (κ1) is 15.1. The minimum Gasteiger partial charge on any atom is -0.331 e. The van der Waals surface area contributed by atoms with Gasteiger partial charge in [-0.15, -0.1) is 0 Å². The van der Waals surface area contributed by atoms with Gasteiger partial charge in [-0.3, -0.25) is 9.48 Å². The zero-order chi connectivity index (χ0) is 13.7. The van der Waals surface area contributed by atoms with Gasteiger partial charge in [0.1, 0.15) is 5.69 Å². The van der Waals surface area contributed by atoms with E-state index in [1.165, 1.54) is 4.68 Å². The van der Waals surface area contributed by atoms with Gasteiger partial charge in [0, 0.05) is 18.9 Å². The lowest BCUT2D eigenvalue weighted by atomic mass is 10.3. The highest BCUT2D eigenvalue weighted by Gasteiger charge is 2.22. The summed E-state index contributed by atoms with van der Waals surface area (Å²) in [4.78, 5) is 13.3. The third-order valence-corrected chi connectivity index (χ3v) is 2.87. The zero-order valence-corrected chi connectivity index (χ0v) is 12.0. The number of aryl methyl sites for hydroxylation is 2. The molecule has 1 amide bonds. The van der Waals surface area contributed by atoms with Gasteiger partial charge >= 0.3 is 0 Å². The molecule has 0 spiro atoms. The molecule has 0 saturated heterocycles. The highest BCUT2D eigenvalue weighted by Crippen LogP contribution is 2.10. The molecule has 0 N–H and O–H groups in total. The summed E-state index contributed by atoms with van der Waals surface area (Å²) in [5, 5.41) is 4.60. The van der Waals surface area contributed by atoms with Gasteiger partial charge in [0.15, 0.2) is 0 Å². The number of alkyl halides is 3. The van der Waals surface area contributed by atoms with E-state index < -0.39 is 18.9 Å². The van der Waals surface area contributed by atoms with E-state index in [2.05, 4.69) is 21.0 Å². The minimum absolute atomic E-state index is 0.246. The van der Waals surface area contributed by atoms with Crippen LogP contribution in [-0.2, 0) is 13.5 Å². The lowest BCUT2D eigenvalue weighted by molar-refractivity contribution is 0.0563. The van der Waals surface area contributed by atoms with Crippen molar-refractivity contribution >= 4 is 21.8 Å². The Labute approximate surface area is 113 Å². The molecular formula is C11H16BrF2N3O. The summed E-state index contributed by atoms with van der Waals surface area (Å²) in [6.45, 7) is 1.61. The number of amides is 1. The first-order chi connectivity index (χ1) is 8.49. The summed E-state index contributed by atoms with van der Waals surface area (Å²) in [7, 11) is 1.64. The van der Waals surface area contributed by atoms with E-state index in [-0.39, 0.29) is 6.54 Å². The highest BCUT2D eigenvalue weighted by atomic mass is 79.9. The van der Waals surface area contributed by atoms with Crippen molar-refractivity contribution in [2.45, 2.75) is 19.8 Å². The molecule has 0 saturated carbocycles. The van der Waals surface area contributed by atoms with Crippen LogP contribution in [0.5, 0.6) is 0 Å². The average Bonchev–Trinajstić information content (AvgIpc) is 2.68. The lowest BCUT2D eigenvalue weighted by Crippen LogP contribution is -2.37. The monoisotopic (exact) mass is 323 g/mol. The van der Waals surface area contributed by atoms with E-state index in [1.807, 2.05) is 6.92 Å². The average molecular weight is 324 g/mol. The maximum absolute atomic E-state index is 12.4. The molecule has 0 radical (unpaired) electrons. The van der Waals surface area contributed by atoms with Crippen LogP contribution in [0.25, 0.3) is 0 Å². The molecule has 0 atom stereocenters. The van der Waals surface area contributed by atoms with Crippen molar-refractivity contribution in [3.8, 4) is 0 Å². The van der Waals surface area contributed by atoms with Gasteiger partial charge < -0.3 is 4.90 Å². The van der Waals surface area contributed by atoms with Gasteiger partial charge in [-0.2, -0.15) is 5.10 Å². The topological polar surface area (TPSA) is 38.1 Å². The summed E-state index contributed by atoms with van der Waals surface area (Å²) in [6, 6.07) is 1.65. The summed E-state index contributed by atoms with van der Waals surface area (Å²) in [5.74, 6) is -0.413. The van der Waals surface area contributed by atoms with Crippen molar-refractivity contribution in [1.82, 2.24) is 14.7 Å². The van der Waals surface area contributed by atoms with Gasteiger partial charge in [0.2, 0.25) is 0 Å². The molecule has 7 heteroatoms. The van der Waals surface area contributed by atoms with Gasteiger partial charge in [0.25, 0.3) is 12.3 Å². The molecule has 0 unspecified atom stereocenters. The number of halogens is 3. The van der Waals surface area contributed by atoms with Crippen molar-refractivity contribution in [2.75, 3.05) is 18.4 Å². The van der Waals surface area contributed by atoms with Crippen LogP contribution in [0.15, 0.2) is 6.07 Å². The Hall–Kier alpha value is -0.980. The second-order valence-corrected chi connectivity index (χ2v) is 4.62. The molecule has 1 rings (SSSR count). The van der Waals surface area contributed by atoms with E-state index >= 15 is 0 Å². The summed E-state index contributed by atoms with van der Waals surface area (Å²) in [5.41, 5.74) is 1.12. The number of carbonyl (C=O) groups excluding carboxylic acids is 1. The number of hydrogen-bond acceptors (Lipinski definition) is 2. The molecule has 0 aliphatic carbocycles. The minimum atomic E-state index is -2.54. The smallest absolute Gasteiger partial charge is 0.272 e. The number of hydrogen-bond donors (Lipinski definition) is 0. The Bertz CT molecular complexity index is 409. The Kier molecular flexibility index (Phi) is 5.71. The zero-order valence-electron chi connectivity index (χ0n) is 10.4. The molecule has 0 fully saturated rings. The largest absolute Gasteiger partial charge is 0.331 e. The third-order valence-electron chi connectivity index (χ3n) is 2.51. The highest BCUT2D eigenvalue weighted by molar-refractivity contribution is 9.09.